The van der Waals surface area contributed by atoms with Gasteiger partial charge in [0.25, 0.3) is 0 Å². The number of para-hydroxylation sites is 1. The second kappa shape index (κ2) is 4.75. The van der Waals surface area contributed by atoms with E-state index in [0.717, 1.165) is 5.56 Å². The van der Waals surface area contributed by atoms with Gasteiger partial charge in [0, 0.05) is 19.2 Å². The van der Waals surface area contributed by atoms with Crippen molar-refractivity contribution >= 4 is 21.9 Å². The first-order valence-corrected chi connectivity index (χ1v) is 5.95. The first kappa shape index (κ1) is 11.9. The average molecular weight is 297 g/mol. The minimum Gasteiger partial charge on any atom is -0.506 e. The topological polar surface area (TPSA) is 63.0 Å². The maximum atomic E-state index is 9.82. The van der Waals surface area contributed by atoms with Gasteiger partial charge < -0.3 is 10.4 Å². The number of aromatic nitrogens is 3. The number of anilines is 1. The average Bonchev–Trinajstić information content (AvgIpc) is 2.60. The molecule has 1 heterocycles. The van der Waals surface area contributed by atoms with E-state index < -0.39 is 0 Å². The standard InChI is InChI=1S/C11H13BrN4O/c1-7-14-11(16(2)15-7)13-6-8-4-3-5-9(12)10(8)17/h3-5,17H,6H2,1-2H3,(H,13,14,15). The van der Waals surface area contributed by atoms with Crippen molar-refractivity contribution in [2.45, 2.75) is 13.5 Å². The summed E-state index contributed by atoms with van der Waals surface area (Å²) in [5.74, 6) is 1.65. The summed E-state index contributed by atoms with van der Waals surface area (Å²) < 4.78 is 2.36. The Labute approximate surface area is 108 Å². The summed E-state index contributed by atoms with van der Waals surface area (Å²) in [4.78, 5) is 4.22. The lowest BCUT2D eigenvalue weighted by molar-refractivity contribution is 0.465. The fourth-order valence-corrected chi connectivity index (χ4v) is 1.95. The number of benzene rings is 1. The number of hydrogen-bond donors (Lipinski definition) is 2. The highest BCUT2D eigenvalue weighted by atomic mass is 79.9. The number of phenols is 1. The number of aromatic hydroxyl groups is 1. The Balaban J connectivity index is 2.12. The molecule has 6 heteroatoms. The first-order chi connectivity index (χ1) is 8.08. The summed E-state index contributed by atoms with van der Waals surface area (Å²) in [5, 5.41) is 17.1. The summed E-state index contributed by atoms with van der Waals surface area (Å²) in [6, 6.07) is 5.53. The molecule has 0 atom stereocenters. The van der Waals surface area contributed by atoms with Crippen molar-refractivity contribution in [3.05, 3.63) is 34.1 Å². The van der Waals surface area contributed by atoms with Crippen LogP contribution in [0.3, 0.4) is 0 Å². The fourth-order valence-electron chi connectivity index (χ4n) is 1.54. The third-order valence-corrected chi connectivity index (χ3v) is 3.02. The zero-order valence-electron chi connectivity index (χ0n) is 9.61. The molecule has 1 aromatic carbocycles. The SMILES string of the molecule is Cc1nc(NCc2cccc(Br)c2O)n(C)n1. The second-order valence-corrected chi connectivity index (χ2v) is 4.56. The zero-order chi connectivity index (χ0) is 12.4. The van der Waals surface area contributed by atoms with E-state index in [0.29, 0.717) is 22.8 Å². The van der Waals surface area contributed by atoms with Gasteiger partial charge >= 0.3 is 0 Å². The molecule has 0 saturated carbocycles. The highest BCUT2D eigenvalue weighted by molar-refractivity contribution is 9.10. The first-order valence-electron chi connectivity index (χ1n) is 5.16. The predicted molar refractivity (Wildman–Crippen MR) is 68.9 cm³/mol. The van der Waals surface area contributed by atoms with Crippen molar-refractivity contribution in [3.63, 3.8) is 0 Å². The van der Waals surface area contributed by atoms with E-state index in [9.17, 15) is 5.11 Å². The van der Waals surface area contributed by atoms with Crippen LogP contribution in [0.25, 0.3) is 0 Å². The van der Waals surface area contributed by atoms with Crippen molar-refractivity contribution in [3.8, 4) is 5.75 Å². The largest absolute Gasteiger partial charge is 0.506 e. The van der Waals surface area contributed by atoms with E-state index >= 15 is 0 Å². The van der Waals surface area contributed by atoms with E-state index in [4.69, 9.17) is 0 Å². The minimum atomic E-state index is 0.249. The van der Waals surface area contributed by atoms with Crippen LogP contribution in [0.15, 0.2) is 22.7 Å². The van der Waals surface area contributed by atoms with Crippen molar-refractivity contribution in [2.75, 3.05) is 5.32 Å². The Morgan fingerprint density at radius 3 is 2.88 bits per heavy atom. The maximum Gasteiger partial charge on any atom is 0.221 e. The van der Waals surface area contributed by atoms with E-state index in [-0.39, 0.29) is 5.75 Å². The molecule has 90 valence electrons. The lowest BCUT2D eigenvalue weighted by Gasteiger charge is -2.07. The van der Waals surface area contributed by atoms with Gasteiger partial charge in [-0.05, 0) is 28.9 Å². The van der Waals surface area contributed by atoms with Gasteiger partial charge in [0.2, 0.25) is 5.95 Å². The molecular weight excluding hydrogens is 284 g/mol. The molecule has 0 spiro atoms. The molecule has 0 aliphatic carbocycles. The molecule has 17 heavy (non-hydrogen) atoms. The van der Waals surface area contributed by atoms with Gasteiger partial charge in [-0.2, -0.15) is 10.1 Å². The summed E-state index contributed by atoms with van der Waals surface area (Å²) in [5.41, 5.74) is 0.806. The number of phenolic OH excluding ortho intramolecular Hbond substituents is 1. The zero-order valence-corrected chi connectivity index (χ0v) is 11.2. The molecule has 0 aliphatic rings. The van der Waals surface area contributed by atoms with Gasteiger partial charge in [-0.15, -0.1) is 0 Å². The predicted octanol–water partition coefficient (Wildman–Crippen LogP) is 2.20. The lowest BCUT2D eigenvalue weighted by atomic mass is 10.2. The van der Waals surface area contributed by atoms with Crippen LogP contribution in [0.4, 0.5) is 5.95 Å². The molecule has 0 aliphatic heterocycles. The van der Waals surface area contributed by atoms with E-state index in [1.54, 1.807) is 10.7 Å². The fraction of sp³-hybridized carbons (Fsp3) is 0.273. The summed E-state index contributed by atoms with van der Waals surface area (Å²) in [7, 11) is 1.82. The van der Waals surface area contributed by atoms with Crippen LogP contribution in [0.2, 0.25) is 0 Å². The molecule has 0 unspecified atom stereocenters. The van der Waals surface area contributed by atoms with Crippen molar-refractivity contribution in [1.82, 2.24) is 14.8 Å². The Morgan fingerprint density at radius 2 is 2.24 bits per heavy atom. The van der Waals surface area contributed by atoms with E-state index in [1.165, 1.54) is 0 Å². The molecule has 0 radical (unpaired) electrons. The van der Waals surface area contributed by atoms with Gasteiger partial charge in [0.1, 0.15) is 11.6 Å². The maximum absolute atomic E-state index is 9.82. The molecule has 0 saturated heterocycles. The quantitative estimate of drug-likeness (QED) is 0.911. The Hall–Kier alpha value is -1.56. The van der Waals surface area contributed by atoms with E-state index in [1.807, 2.05) is 26.1 Å². The molecule has 2 N–H and O–H groups in total. The monoisotopic (exact) mass is 296 g/mol. The molecule has 1 aromatic heterocycles. The minimum absolute atomic E-state index is 0.249. The third-order valence-electron chi connectivity index (χ3n) is 2.38. The number of rotatable bonds is 3. The third kappa shape index (κ3) is 2.58. The van der Waals surface area contributed by atoms with Crippen LogP contribution in [0.5, 0.6) is 5.75 Å². The summed E-state index contributed by atoms with van der Waals surface area (Å²) in [6.07, 6.45) is 0. The molecule has 0 bridgehead atoms. The van der Waals surface area contributed by atoms with Crippen molar-refractivity contribution in [1.29, 1.82) is 0 Å². The number of halogens is 1. The van der Waals surface area contributed by atoms with Crippen molar-refractivity contribution in [2.24, 2.45) is 7.05 Å². The van der Waals surface area contributed by atoms with Crippen LogP contribution < -0.4 is 5.32 Å². The van der Waals surface area contributed by atoms with Crippen LogP contribution in [0.1, 0.15) is 11.4 Å². The molecule has 2 rings (SSSR count). The lowest BCUT2D eigenvalue weighted by Crippen LogP contribution is -2.05. The highest BCUT2D eigenvalue weighted by Crippen LogP contribution is 2.27. The Bertz CT molecular complexity index is 538. The van der Waals surface area contributed by atoms with Crippen LogP contribution in [0, 0.1) is 6.92 Å². The van der Waals surface area contributed by atoms with Gasteiger partial charge in [-0.1, -0.05) is 12.1 Å². The second-order valence-electron chi connectivity index (χ2n) is 3.71. The van der Waals surface area contributed by atoms with Crippen LogP contribution in [-0.4, -0.2) is 19.9 Å². The number of aryl methyl sites for hydroxylation is 2. The summed E-state index contributed by atoms with van der Waals surface area (Å²) in [6.45, 7) is 2.33. The highest BCUT2D eigenvalue weighted by Gasteiger charge is 2.07. The van der Waals surface area contributed by atoms with Crippen LogP contribution in [-0.2, 0) is 13.6 Å². The normalized spacial score (nSPS) is 10.5. The number of nitrogens with zero attached hydrogens (tertiary/aromatic N) is 3. The number of hydrogen-bond acceptors (Lipinski definition) is 4. The molecule has 2 aromatic rings. The van der Waals surface area contributed by atoms with Crippen molar-refractivity contribution < 1.29 is 5.11 Å². The van der Waals surface area contributed by atoms with Gasteiger partial charge in [-0.25, -0.2) is 4.68 Å². The van der Waals surface area contributed by atoms with Gasteiger partial charge in [0.05, 0.1) is 4.47 Å². The smallest absolute Gasteiger partial charge is 0.221 e. The number of nitrogens with one attached hydrogen (secondary N) is 1. The Kier molecular flexibility index (Phi) is 3.33. The van der Waals surface area contributed by atoms with Gasteiger partial charge in [-0.3, -0.25) is 0 Å². The molecular formula is C11H13BrN4O. The van der Waals surface area contributed by atoms with Gasteiger partial charge in [0.15, 0.2) is 0 Å². The molecule has 5 nitrogen and oxygen atoms in total. The summed E-state index contributed by atoms with van der Waals surface area (Å²) >= 11 is 3.28. The Morgan fingerprint density at radius 1 is 1.47 bits per heavy atom. The van der Waals surface area contributed by atoms with Crippen LogP contribution >= 0.6 is 15.9 Å². The molecule has 0 fully saturated rings. The molecule has 0 amide bonds. The van der Waals surface area contributed by atoms with E-state index in [2.05, 4.69) is 31.3 Å².